The van der Waals surface area contributed by atoms with Crippen LogP contribution in [0.5, 0.6) is 5.75 Å². The van der Waals surface area contributed by atoms with E-state index >= 15 is 0 Å². The molecular weight excluding hydrogens is 304 g/mol. The standard InChI is InChI=1S/C14H24N4O3S/c1-2-16-14(18-10-12-22(15,19)20)17-9-6-11-21-13-7-4-3-5-8-13/h3-5,7-8H,2,6,9-12H2,1H3,(H2,15,19,20)(H2,16,17,18). The van der Waals surface area contributed by atoms with Gasteiger partial charge in [-0.15, -0.1) is 0 Å². The molecule has 0 spiro atoms. The highest BCUT2D eigenvalue weighted by atomic mass is 32.2. The second kappa shape index (κ2) is 10.0. The first-order valence-electron chi connectivity index (χ1n) is 7.22. The highest BCUT2D eigenvalue weighted by molar-refractivity contribution is 7.89. The topological polar surface area (TPSA) is 106 Å². The summed E-state index contributed by atoms with van der Waals surface area (Å²) in [6.07, 6.45) is 0.765. The zero-order valence-corrected chi connectivity index (χ0v) is 13.6. The predicted octanol–water partition coefficient (Wildman–Crippen LogP) is 0.299. The predicted molar refractivity (Wildman–Crippen MR) is 88.5 cm³/mol. The van der Waals surface area contributed by atoms with Crippen LogP contribution in [0.25, 0.3) is 0 Å². The van der Waals surface area contributed by atoms with E-state index in [-0.39, 0.29) is 12.3 Å². The van der Waals surface area contributed by atoms with E-state index < -0.39 is 10.0 Å². The summed E-state index contributed by atoms with van der Waals surface area (Å²) in [7, 11) is -3.46. The maximum Gasteiger partial charge on any atom is 0.210 e. The largest absolute Gasteiger partial charge is 0.494 e. The third-order valence-electron chi connectivity index (χ3n) is 2.61. The number of nitrogens with one attached hydrogen (secondary N) is 2. The molecular formula is C14H24N4O3S. The third-order valence-corrected chi connectivity index (χ3v) is 3.38. The van der Waals surface area contributed by atoms with Gasteiger partial charge in [-0.2, -0.15) is 0 Å². The number of rotatable bonds is 9. The molecule has 0 aliphatic heterocycles. The Hall–Kier alpha value is -1.80. The Morgan fingerprint density at radius 2 is 2.00 bits per heavy atom. The van der Waals surface area contributed by atoms with Crippen molar-refractivity contribution in [2.24, 2.45) is 10.1 Å². The summed E-state index contributed by atoms with van der Waals surface area (Å²) in [6, 6.07) is 9.59. The molecule has 0 fully saturated rings. The molecule has 0 heterocycles. The van der Waals surface area contributed by atoms with Gasteiger partial charge in [0, 0.05) is 26.1 Å². The van der Waals surface area contributed by atoms with Gasteiger partial charge in [-0.25, -0.2) is 13.6 Å². The first kappa shape index (κ1) is 18.2. The van der Waals surface area contributed by atoms with E-state index in [0.29, 0.717) is 25.7 Å². The smallest absolute Gasteiger partial charge is 0.210 e. The van der Waals surface area contributed by atoms with E-state index in [1.807, 2.05) is 37.3 Å². The summed E-state index contributed by atoms with van der Waals surface area (Å²) in [5.41, 5.74) is 0. The monoisotopic (exact) mass is 328 g/mol. The molecule has 0 aliphatic rings. The van der Waals surface area contributed by atoms with Crippen molar-refractivity contribution >= 4 is 16.0 Å². The Bertz CT molecular complexity index is 546. The molecule has 0 radical (unpaired) electrons. The van der Waals surface area contributed by atoms with Crippen molar-refractivity contribution in [1.82, 2.24) is 10.6 Å². The summed E-state index contributed by atoms with van der Waals surface area (Å²) >= 11 is 0. The summed E-state index contributed by atoms with van der Waals surface area (Å²) in [6.45, 7) is 4.02. The summed E-state index contributed by atoms with van der Waals surface area (Å²) in [5, 5.41) is 10.9. The van der Waals surface area contributed by atoms with E-state index in [9.17, 15) is 8.42 Å². The van der Waals surface area contributed by atoms with Crippen molar-refractivity contribution in [3.8, 4) is 5.75 Å². The van der Waals surface area contributed by atoms with E-state index in [0.717, 1.165) is 12.2 Å². The fraction of sp³-hybridized carbons (Fsp3) is 0.500. The van der Waals surface area contributed by atoms with Crippen molar-refractivity contribution in [1.29, 1.82) is 0 Å². The fourth-order valence-corrected chi connectivity index (χ4v) is 2.00. The Morgan fingerprint density at radius 1 is 1.27 bits per heavy atom. The molecule has 8 heteroatoms. The molecule has 22 heavy (non-hydrogen) atoms. The average molecular weight is 328 g/mol. The highest BCUT2D eigenvalue weighted by Crippen LogP contribution is 2.08. The SMILES string of the molecule is CCNC(=NCCCOc1ccccc1)NCCS(N)(=O)=O. The maximum absolute atomic E-state index is 10.9. The van der Waals surface area contributed by atoms with Crippen LogP contribution < -0.4 is 20.5 Å². The first-order valence-corrected chi connectivity index (χ1v) is 8.93. The Morgan fingerprint density at radius 3 is 2.64 bits per heavy atom. The Kier molecular flexibility index (Phi) is 8.31. The van der Waals surface area contributed by atoms with Gasteiger partial charge in [-0.3, -0.25) is 4.99 Å². The first-order chi connectivity index (χ1) is 10.5. The third kappa shape index (κ3) is 9.19. The van der Waals surface area contributed by atoms with Gasteiger partial charge in [0.15, 0.2) is 5.96 Å². The number of nitrogens with zero attached hydrogens (tertiary/aromatic N) is 1. The van der Waals surface area contributed by atoms with Crippen molar-refractivity contribution < 1.29 is 13.2 Å². The van der Waals surface area contributed by atoms with Crippen molar-refractivity contribution in [2.75, 3.05) is 32.0 Å². The number of para-hydroxylation sites is 1. The molecule has 1 rings (SSSR count). The van der Waals surface area contributed by atoms with Gasteiger partial charge in [0.05, 0.1) is 12.4 Å². The fourth-order valence-electron chi connectivity index (χ4n) is 1.62. The molecule has 0 amide bonds. The van der Waals surface area contributed by atoms with Crippen LogP contribution in [-0.4, -0.2) is 46.4 Å². The Balaban J connectivity index is 2.26. The highest BCUT2D eigenvalue weighted by Gasteiger charge is 2.03. The molecule has 0 saturated heterocycles. The van der Waals surface area contributed by atoms with Crippen molar-refractivity contribution in [2.45, 2.75) is 13.3 Å². The minimum absolute atomic E-state index is 0.130. The molecule has 1 aromatic rings. The number of sulfonamides is 1. The van der Waals surface area contributed by atoms with Gasteiger partial charge in [-0.1, -0.05) is 18.2 Å². The van der Waals surface area contributed by atoms with Crippen LogP contribution in [-0.2, 0) is 10.0 Å². The maximum atomic E-state index is 10.9. The lowest BCUT2D eigenvalue weighted by atomic mass is 10.3. The lowest BCUT2D eigenvalue weighted by Crippen LogP contribution is -2.40. The molecule has 1 aromatic carbocycles. The van der Waals surface area contributed by atoms with Crippen LogP contribution in [0.1, 0.15) is 13.3 Å². The van der Waals surface area contributed by atoms with Crippen LogP contribution in [0.15, 0.2) is 35.3 Å². The lowest BCUT2D eigenvalue weighted by molar-refractivity contribution is 0.313. The number of ether oxygens (including phenoxy) is 1. The molecule has 0 aliphatic carbocycles. The van der Waals surface area contributed by atoms with Crippen LogP contribution in [0.3, 0.4) is 0 Å². The Labute approximate surface area is 132 Å². The zero-order chi connectivity index (χ0) is 16.3. The van der Waals surface area contributed by atoms with Gasteiger partial charge in [0.2, 0.25) is 10.0 Å². The van der Waals surface area contributed by atoms with Crippen molar-refractivity contribution in [3.63, 3.8) is 0 Å². The molecule has 4 N–H and O–H groups in total. The van der Waals surface area contributed by atoms with E-state index in [4.69, 9.17) is 9.88 Å². The van der Waals surface area contributed by atoms with E-state index in [1.165, 1.54) is 0 Å². The van der Waals surface area contributed by atoms with Gasteiger partial charge in [0.25, 0.3) is 0 Å². The molecule has 7 nitrogen and oxygen atoms in total. The van der Waals surface area contributed by atoms with Gasteiger partial charge < -0.3 is 15.4 Å². The van der Waals surface area contributed by atoms with Crippen LogP contribution in [0, 0.1) is 0 Å². The van der Waals surface area contributed by atoms with Gasteiger partial charge in [0.1, 0.15) is 5.75 Å². The van der Waals surface area contributed by atoms with Crippen LogP contribution in [0.2, 0.25) is 0 Å². The van der Waals surface area contributed by atoms with Gasteiger partial charge >= 0.3 is 0 Å². The minimum atomic E-state index is -3.46. The summed E-state index contributed by atoms with van der Waals surface area (Å²) < 4.78 is 27.3. The molecule has 124 valence electrons. The number of nitrogens with two attached hydrogens (primary N) is 1. The molecule has 0 aromatic heterocycles. The molecule has 0 unspecified atom stereocenters. The second-order valence-electron chi connectivity index (χ2n) is 4.57. The van der Waals surface area contributed by atoms with E-state index in [1.54, 1.807) is 0 Å². The zero-order valence-electron chi connectivity index (χ0n) is 12.8. The number of aliphatic imine (C=N–C) groups is 1. The number of primary sulfonamides is 1. The lowest BCUT2D eigenvalue weighted by Gasteiger charge is -2.10. The van der Waals surface area contributed by atoms with Crippen LogP contribution in [0.4, 0.5) is 0 Å². The molecule has 0 saturated carbocycles. The van der Waals surface area contributed by atoms with Crippen molar-refractivity contribution in [3.05, 3.63) is 30.3 Å². The van der Waals surface area contributed by atoms with E-state index in [2.05, 4.69) is 15.6 Å². The second-order valence-corrected chi connectivity index (χ2v) is 6.30. The average Bonchev–Trinajstić information content (AvgIpc) is 2.46. The number of hydrogen-bond acceptors (Lipinski definition) is 4. The number of guanidine groups is 1. The summed E-state index contributed by atoms with van der Waals surface area (Å²) in [4.78, 5) is 4.34. The molecule has 0 atom stereocenters. The quantitative estimate of drug-likeness (QED) is 0.343. The number of hydrogen-bond donors (Lipinski definition) is 3. The minimum Gasteiger partial charge on any atom is -0.494 e. The van der Waals surface area contributed by atoms with Crippen LogP contribution >= 0.6 is 0 Å². The normalized spacial score (nSPS) is 12.0. The molecule has 0 bridgehead atoms. The number of benzene rings is 1. The van der Waals surface area contributed by atoms with Gasteiger partial charge in [-0.05, 0) is 19.1 Å². The summed E-state index contributed by atoms with van der Waals surface area (Å²) in [5.74, 6) is 1.28.